The molecule has 0 nitrogen and oxygen atoms in total. The lowest BCUT2D eigenvalue weighted by molar-refractivity contribution is 0.656. The Bertz CT molecular complexity index is 996. The molecule has 222 valence electrons. The van der Waals surface area contributed by atoms with Crippen molar-refractivity contribution in [2.45, 2.75) is 127 Å². The lowest BCUT2D eigenvalue weighted by Crippen LogP contribution is -1.87. The van der Waals surface area contributed by atoms with Gasteiger partial charge in [0.15, 0.2) is 0 Å². The first kappa shape index (κ1) is 37.4. The predicted molar refractivity (Wildman–Crippen MR) is 186 cm³/mol. The van der Waals surface area contributed by atoms with Crippen molar-refractivity contribution in [3.8, 4) is 0 Å². The molecule has 0 heterocycles. The quantitative estimate of drug-likeness (QED) is 0.112. The van der Waals surface area contributed by atoms with Crippen LogP contribution in [0.1, 0.15) is 127 Å². The van der Waals surface area contributed by atoms with Gasteiger partial charge < -0.3 is 0 Å². The molecular weight excluding hydrogens is 480 g/mol. The lowest BCUT2D eigenvalue weighted by atomic mass is 10.0. The fraction of sp³-hybridized carbons (Fsp3) is 0.500. The fourth-order valence-corrected chi connectivity index (χ4v) is 4.09. The molecule has 0 aliphatic carbocycles. The van der Waals surface area contributed by atoms with Gasteiger partial charge in [0.05, 0.1) is 0 Å². The minimum absolute atomic E-state index is 0.614. The first-order valence-corrected chi connectivity index (χ1v) is 15.6. The number of allylic oxidation sites excluding steroid dienone is 20. The predicted octanol–water partition coefficient (Wildman–Crippen LogP) is 13.5. The van der Waals surface area contributed by atoms with Gasteiger partial charge in [-0.3, -0.25) is 0 Å². The van der Waals surface area contributed by atoms with Gasteiger partial charge in [-0.1, -0.05) is 125 Å². The van der Waals surface area contributed by atoms with Gasteiger partial charge in [0.1, 0.15) is 0 Å². The minimum Gasteiger partial charge on any atom is -0.0859 e. The van der Waals surface area contributed by atoms with Crippen LogP contribution in [-0.2, 0) is 0 Å². The normalized spacial score (nSPS) is 15.0. The summed E-state index contributed by atoms with van der Waals surface area (Å²) < 4.78 is 0. The SMILES string of the molecule is CC(C)=CCC/C(C)=C/CC/C(C)=C/CC/C(C)=C/C=C/C=C(\C)C/C=C/C(C)=C/C=C/C(C)CCC=C(C)C. The molecule has 0 aromatic carbocycles. The van der Waals surface area contributed by atoms with Crippen LogP contribution in [0.2, 0.25) is 0 Å². The summed E-state index contributed by atoms with van der Waals surface area (Å²) in [6.45, 7) is 22.1. The Morgan fingerprint density at radius 2 is 1.02 bits per heavy atom. The zero-order chi connectivity index (χ0) is 30.2. The first-order chi connectivity index (χ1) is 19.0. The molecule has 0 saturated carbocycles. The van der Waals surface area contributed by atoms with Crippen molar-refractivity contribution in [1.82, 2.24) is 0 Å². The van der Waals surface area contributed by atoms with Gasteiger partial charge in [0, 0.05) is 0 Å². The molecule has 0 radical (unpaired) electrons. The van der Waals surface area contributed by atoms with Gasteiger partial charge in [-0.05, 0) is 126 Å². The number of rotatable bonds is 19. The van der Waals surface area contributed by atoms with E-state index in [0.29, 0.717) is 5.92 Å². The molecule has 0 amide bonds. The van der Waals surface area contributed by atoms with E-state index in [2.05, 4.69) is 148 Å². The molecule has 0 aromatic rings. The van der Waals surface area contributed by atoms with Crippen molar-refractivity contribution >= 4 is 0 Å². The Balaban J connectivity index is 4.38. The van der Waals surface area contributed by atoms with E-state index in [-0.39, 0.29) is 0 Å². The first-order valence-electron chi connectivity index (χ1n) is 15.6. The fourth-order valence-electron chi connectivity index (χ4n) is 4.09. The molecule has 1 unspecified atom stereocenters. The van der Waals surface area contributed by atoms with Crippen molar-refractivity contribution in [2.24, 2.45) is 5.92 Å². The maximum absolute atomic E-state index is 2.42. The lowest BCUT2D eigenvalue weighted by Gasteiger charge is -2.02. The van der Waals surface area contributed by atoms with Crippen LogP contribution >= 0.6 is 0 Å². The van der Waals surface area contributed by atoms with Crippen LogP contribution in [0, 0.1) is 5.92 Å². The zero-order valence-electron chi connectivity index (χ0n) is 27.9. The molecule has 0 heteroatoms. The summed E-state index contributed by atoms with van der Waals surface area (Å²) in [4.78, 5) is 0. The van der Waals surface area contributed by atoms with Gasteiger partial charge in [-0.25, -0.2) is 0 Å². The Morgan fingerprint density at radius 3 is 1.60 bits per heavy atom. The van der Waals surface area contributed by atoms with E-state index in [9.17, 15) is 0 Å². The molecule has 1 atom stereocenters. The van der Waals surface area contributed by atoms with Gasteiger partial charge in [-0.2, -0.15) is 0 Å². The smallest absolute Gasteiger partial charge is 0.0135 e. The third-order valence-electron chi connectivity index (χ3n) is 6.82. The molecule has 0 aliphatic rings. The van der Waals surface area contributed by atoms with Gasteiger partial charge in [-0.15, -0.1) is 0 Å². The molecule has 0 aliphatic heterocycles. The number of hydrogen-bond acceptors (Lipinski definition) is 0. The third-order valence-corrected chi connectivity index (χ3v) is 6.82. The molecular formula is C40H62. The van der Waals surface area contributed by atoms with E-state index >= 15 is 0 Å². The molecule has 0 saturated heterocycles. The zero-order valence-corrected chi connectivity index (χ0v) is 27.9. The van der Waals surface area contributed by atoms with Crippen molar-refractivity contribution in [2.75, 3.05) is 0 Å². The van der Waals surface area contributed by atoms with Crippen LogP contribution in [0.5, 0.6) is 0 Å². The van der Waals surface area contributed by atoms with E-state index in [0.717, 1.165) is 25.7 Å². The van der Waals surface area contributed by atoms with Crippen molar-refractivity contribution < 1.29 is 0 Å². The van der Waals surface area contributed by atoms with Crippen LogP contribution in [0.25, 0.3) is 0 Å². The van der Waals surface area contributed by atoms with E-state index in [1.807, 2.05) is 0 Å². The van der Waals surface area contributed by atoms with Gasteiger partial charge in [0.25, 0.3) is 0 Å². The maximum atomic E-state index is 2.42. The van der Waals surface area contributed by atoms with Crippen LogP contribution < -0.4 is 0 Å². The third kappa shape index (κ3) is 25.7. The average molecular weight is 543 g/mol. The maximum Gasteiger partial charge on any atom is -0.0135 e. The summed E-state index contributed by atoms with van der Waals surface area (Å²) in [5, 5.41) is 0. The summed E-state index contributed by atoms with van der Waals surface area (Å²) in [5.41, 5.74) is 9.95. The largest absolute Gasteiger partial charge is 0.0859 e. The molecule has 0 bridgehead atoms. The molecule has 0 N–H and O–H groups in total. The van der Waals surface area contributed by atoms with Crippen molar-refractivity contribution in [1.29, 1.82) is 0 Å². The van der Waals surface area contributed by atoms with E-state index in [1.165, 1.54) is 71.1 Å². The monoisotopic (exact) mass is 542 g/mol. The molecule has 40 heavy (non-hydrogen) atoms. The Labute approximate surface area is 250 Å². The summed E-state index contributed by atoms with van der Waals surface area (Å²) in [7, 11) is 0. The Morgan fingerprint density at radius 1 is 0.525 bits per heavy atom. The van der Waals surface area contributed by atoms with Gasteiger partial charge >= 0.3 is 0 Å². The second-order valence-corrected chi connectivity index (χ2v) is 12.1. The second kappa shape index (κ2) is 24.2. The van der Waals surface area contributed by atoms with Crippen LogP contribution in [0.15, 0.2) is 118 Å². The number of hydrogen-bond donors (Lipinski definition) is 0. The molecule has 0 aromatic heterocycles. The van der Waals surface area contributed by atoms with Crippen LogP contribution in [0.3, 0.4) is 0 Å². The summed E-state index contributed by atoms with van der Waals surface area (Å²) in [5.74, 6) is 0.614. The van der Waals surface area contributed by atoms with E-state index < -0.39 is 0 Å². The minimum atomic E-state index is 0.614. The van der Waals surface area contributed by atoms with Crippen molar-refractivity contribution in [3.05, 3.63) is 118 Å². The molecule has 0 spiro atoms. The van der Waals surface area contributed by atoms with Crippen LogP contribution in [-0.4, -0.2) is 0 Å². The topological polar surface area (TPSA) is 0 Å². The summed E-state index contributed by atoms with van der Waals surface area (Å²) in [6, 6.07) is 0. The van der Waals surface area contributed by atoms with Crippen LogP contribution in [0.4, 0.5) is 0 Å². The standard InChI is InChI=1S/C40H62/c1-33(2)19-13-23-37(7)27-17-31-39(9)29-15-25-35(5)21-11-12-22-36(6)26-16-30-40(10)32-18-28-38(8)24-14-20-34(3)4/h11-12,15,17,19-22,27-31,37H,13-14,16,18,23-26,32H2,1-10H3/b12-11+,27-17+,29-15+,35-21+,36-22+,38-28+,39-31+,40-30+. The Hall–Kier alpha value is -2.60. The highest BCUT2D eigenvalue weighted by atomic mass is 14.0. The molecule has 0 rings (SSSR count). The molecule has 0 fully saturated rings. The highest BCUT2D eigenvalue weighted by molar-refractivity contribution is 5.24. The average Bonchev–Trinajstić information content (AvgIpc) is 2.86. The highest BCUT2D eigenvalue weighted by Gasteiger charge is 1.95. The van der Waals surface area contributed by atoms with E-state index in [4.69, 9.17) is 0 Å². The second-order valence-electron chi connectivity index (χ2n) is 12.1. The van der Waals surface area contributed by atoms with E-state index in [1.54, 1.807) is 0 Å². The highest BCUT2D eigenvalue weighted by Crippen LogP contribution is 2.14. The summed E-state index contributed by atoms with van der Waals surface area (Å²) in [6.07, 6.45) is 39.8. The van der Waals surface area contributed by atoms with Crippen molar-refractivity contribution in [3.63, 3.8) is 0 Å². The summed E-state index contributed by atoms with van der Waals surface area (Å²) >= 11 is 0. The van der Waals surface area contributed by atoms with Gasteiger partial charge in [0.2, 0.25) is 0 Å². The Kier molecular flexibility index (Phi) is 22.6.